The van der Waals surface area contributed by atoms with Crippen LogP contribution in [-0.2, 0) is 16.0 Å². The molecule has 5 heteroatoms. The summed E-state index contributed by atoms with van der Waals surface area (Å²) >= 11 is 3.15. The molecule has 0 radical (unpaired) electrons. The highest BCUT2D eigenvalue weighted by atomic mass is 79.9. The number of esters is 1. The lowest BCUT2D eigenvalue weighted by Gasteiger charge is -2.03. The van der Waals surface area contributed by atoms with E-state index in [2.05, 4.69) is 20.9 Å². The number of nitrogens with zero attached hydrogens (tertiary/aromatic N) is 1. The van der Waals surface area contributed by atoms with Crippen LogP contribution in [0.15, 0.2) is 16.7 Å². The quantitative estimate of drug-likeness (QED) is 0.663. The molecule has 0 aliphatic heterocycles. The van der Waals surface area contributed by atoms with Crippen LogP contribution in [0.2, 0.25) is 0 Å². The standard InChI is InChI=1S/C9H10BrNO3/c1-2-14-9(13)5-6-7(12)3-4-8(10)11-6/h3-4,12H,2,5H2,1H3. The second-order valence-electron chi connectivity index (χ2n) is 2.58. The van der Waals surface area contributed by atoms with E-state index in [4.69, 9.17) is 4.74 Å². The zero-order valence-electron chi connectivity index (χ0n) is 7.66. The van der Waals surface area contributed by atoms with Crippen molar-refractivity contribution in [3.63, 3.8) is 0 Å². The van der Waals surface area contributed by atoms with Crippen molar-refractivity contribution in [1.29, 1.82) is 0 Å². The topological polar surface area (TPSA) is 59.4 Å². The normalized spacial score (nSPS) is 9.86. The minimum atomic E-state index is -0.395. The van der Waals surface area contributed by atoms with Gasteiger partial charge in [0.25, 0.3) is 0 Å². The number of rotatable bonds is 3. The molecule has 4 nitrogen and oxygen atoms in total. The Hall–Kier alpha value is -1.10. The van der Waals surface area contributed by atoms with Gasteiger partial charge in [-0.15, -0.1) is 0 Å². The lowest BCUT2D eigenvalue weighted by atomic mass is 10.2. The number of ether oxygens (including phenoxy) is 1. The second kappa shape index (κ2) is 4.95. The molecule has 0 aromatic carbocycles. The molecule has 0 atom stereocenters. The number of pyridine rings is 1. The Morgan fingerprint density at radius 2 is 2.36 bits per heavy atom. The van der Waals surface area contributed by atoms with Crippen LogP contribution in [-0.4, -0.2) is 22.7 Å². The van der Waals surface area contributed by atoms with Crippen LogP contribution in [0.25, 0.3) is 0 Å². The Kier molecular flexibility index (Phi) is 3.88. The molecule has 14 heavy (non-hydrogen) atoms. The van der Waals surface area contributed by atoms with Crippen LogP contribution in [0.5, 0.6) is 5.75 Å². The Balaban J connectivity index is 2.75. The number of carbonyl (C=O) groups is 1. The highest BCUT2D eigenvalue weighted by Gasteiger charge is 2.10. The van der Waals surface area contributed by atoms with E-state index < -0.39 is 5.97 Å². The average molecular weight is 260 g/mol. The highest BCUT2D eigenvalue weighted by molar-refractivity contribution is 9.10. The zero-order chi connectivity index (χ0) is 10.6. The summed E-state index contributed by atoms with van der Waals surface area (Å²) in [6.07, 6.45) is -0.0148. The molecule has 0 spiro atoms. The van der Waals surface area contributed by atoms with Crippen molar-refractivity contribution in [2.75, 3.05) is 6.61 Å². The summed E-state index contributed by atoms with van der Waals surface area (Å²) in [6, 6.07) is 3.08. The van der Waals surface area contributed by atoms with Crippen molar-refractivity contribution >= 4 is 21.9 Å². The molecule has 0 aliphatic rings. The molecular formula is C9H10BrNO3. The first-order valence-electron chi connectivity index (χ1n) is 4.13. The fourth-order valence-electron chi connectivity index (χ4n) is 0.946. The van der Waals surface area contributed by atoms with Gasteiger partial charge in [-0.2, -0.15) is 0 Å². The van der Waals surface area contributed by atoms with Crippen molar-refractivity contribution in [1.82, 2.24) is 4.98 Å². The molecule has 0 amide bonds. The monoisotopic (exact) mass is 259 g/mol. The van der Waals surface area contributed by atoms with Gasteiger partial charge in [0.05, 0.1) is 18.7 Å². The SMILES string of the molecule is CCOC(=O)Cc1nc(Br)ccc1O. The molecule has 1 N–H and O–H groups in total. The minimum absolute atomic E-state index is 0.00116. The Labute approximate surface area is 90.0 Å². The Morgan fingerprint density at radius 3 is 3.00 bits per heavy atom. The van der Waals surface area contributed by atoms with Gasteiger partial charge in [-0.1, -0.05) is 0 Å². The van der Waals surface area contributed by atoms with Crippen LogP contribution >= 0.6 is 15.9 Å². The maximum absolute atomic E-state index is 11.1. The lowest BCUT2D eigenvalue weighted by molar-refractivity contribution is -0.142. The second-order valence-corrected chi connectivity index (χ2v) is 3.39. The van der Waals surface area contributed by atoms with Crippen molar-refractivity contribution in [2.45, 2.75) is 13.3 Å². The largest absolute Gasteiger partial charge is 0.506 e. The third-order valence-corrected chi connectivity index (χ3v) is 1.97. The maximum atomic E-state index is 11.1. The first-order valence-corrected chi connectivity index (χ1v) is 4.92. The third kappa shape index (κ3) is 2.99. The number of aromatic nitrogens is 1. The van der Waals surface area contributed by atoms with Crippen LogP contribution in [0.1, 0.15) is 12.6 Å². The van der Waals surface area contributed by atoms with Gasteiger partial charge in [0.15, 0.2) is 0 Å². The highest BCUT2D eigenvalue weighted by Crippen LogP contribution is 2.18. The molecule has 0 bridgehead atoms. The fraction of sp³-hybridized carbons (Fsp3) is 0.333. The summed E-state index contributed by atoms with van der Waals surface area (Å²) < 4.78 is 5.31. The number of halogens is 1. The molecule has 0 aliphatic carbocycles. The number of hydrogen-bond acceptors (Lipinski definition) is 4. The number of carbonyl (C=O) groups excluding carboxylic acids is 1. The van der Waals surface area contributed by atoms with Gasteiger partial charge in [-0.3, -0.25) is 4.79 Å². The van der Waals surface area contributed by atoms with Crippen molar-refractivity contribution < 1.29 is 14.6 Å². The van der Waals surface area contributed by atoms with E-state index in [0.29, 0.717) is 16.9 Å². The molecule has 76 valence electrons. The Bertz CT molecular complexity index is 341. The Morgan fingerprint density at radius 1 is 1.64 bits per heavy atom. The molecule has 1 heterocycles. The van der Waals surface area contributed by atoms with Crippen molar-refractivity contribution in [3.8, 4) is 5.75 Å². The maximum Gasteiger partial charge on any atom is 0.312 e. The molecule has 0 saturated heterocycles. The summed E-state index contributed by atoms with van der Waals surface area (Å²) in [5.41, 5.74) is 0.317. The van der Waals surface area contributed by atoms with Crippen molar-refractivity contribution in [2.24, 2.45) is 0 Å². The van der Waals surface area contributed by atoms with Crippen LogP contribution in [0.3, 0.4) is 0 Å². The van der Waals surface area contributed by atoms with Gasteiger partial charge in [0.2, 0.25) is 0 Å². The predicted molar refractivity (Wildman–Crippen MR) is 53.9 cm³/mol. The van der Waals surface area contributed by atoms with Gasteiger partial charge < -0.3 is 9.84 Å². The first-order chi connectivity index (χ1) is 6.63. The van der Waals surface area contributed by atoms with E-state index in [1.165, 1.54) is 6.07 Å². The molecular weight excluding hydrogens is 250 g/mol. The number of aromatic hydroxyl groups is 1. The van der Waals surface area contributed by atoms with E-state index in [1.54, 1.807) is 13.0 Å². The summed E-state index contributed by atoms with van der Waals surface area (Å²) in [6.45, 7) is 2.06. The smallest absolute Gasteiger partial charge is 0.312 e. The molecule has 0 fully saturated rings. The van der Waals surface area contributed by atoms with E-state index in [0.717, 1.165) is 0 Å². The lowest BCUT2D eigenvalue weighted by Crippen LogP contribution is -2.08. The third-order valence-electron chi connectivity index (χ3n) is 1.53. The summed E-state index contributed by atoms with van der Waals surface area (Å²) in [5.74, 6) is -0.394. The molecule has 0 unspecified atom stereocenters. The number of hydrogen-bond donors (Lipinski definition) is 1. The van der Waals surface area contributed by atoms with E-state index >= 15 is 0 Å². The van der Waals surface area contributed by atoms with Gasteiger partial charge in [0, 0.05) is 0 Å². The van der Waals surface area contributed by atoms with Crippen LogP contribution in [0.4, 0.5) is 0 Å². The molecule has 0 saturated carbocycles. The van der Waals surface area contributed by atoms with Crippen LogP contribution in [0, 0.1) is 0 Å². The fourth-order valence-corrected chi connectivity index (χ4v) is 1.29. The van der Waals surface area contributed by atoms with Gasteiger partial charge in [0.1, 0.15) is 10.4 Å². The average Bonchev–Trinajstić information content (AvgIpc) is 2.12. The van der Waals surface area contributed by atoms with E-state index in [9.17, 15) is 9.90 Å². The molecule has 1 aromatic heterocycles. The zero-order valence-corrected chi connectivity index (χ0v) is 9.24. The van der Waals surface area contributed by atoms with Gasteiger partial charge >= 0.3 is 5.97 Å². The van der Waals surface area contributed by atoms with Gasteiger partial charge in [-0.05, 0) is 35.0 Å². The van der Waals surface area contributed by atoms with E-state index in [-0.39, 0.29) is 12.2 Å². The summed E-state index contributed by atoms with van der Waals surface area (Å²) in [5, 5.41) is 9.36. The van der Waals surface area contributed by atoms with Gasteiger partial charge in [-0.25, -0.2) is 4.98 Å². The van der Waals surface area contributed by atoms with Crippen molar-refractivity contribution in [3.05, 3.63) is 22.4 Å². The minimum Gasteiger partial charge on any atom is -0.506 e. The molecule has 1 aromatic rings. The summed E-state index contributed by atoms with van der Waals surface area (Å²) in [7, 11) is 0. The molecule has 1 rings (SSSR count). The first kappa shape index (κ1) is 11.0. The predicted octanol–water partition coefficient (Wildman–Crippen LogP) is 1.66. The van der Waals surface area contributed by atoms with E-state index in [1.807, 2.05) is 0 Å². The summed E-state index contributed by atoms with van der Waals surface area (Å²) in [4.78, 5) is 15.0. The van der Waals surface area contributed by atoms with Crippen LogP contribution < -0.4 is 0 Å².